The molecule has 3 aromatic carbocycles. The Hall–Kier alpha value is -4.93. The number of hydrazone groups is 1. The fourth-order valence-electron chi connectivity index (χ4n) is 3.11. The smallest absolute Gasteiger partial charge is 0.278 e. The standard InChI is InChI=1S/C24H22N4O7/c1-33-20-12-17(13-21(34-2)22(20)35-3)23(29)26-18-10-8-15(9-11-18)24(30)27-25-14-16-6-4-5-7-19(16)28(31)32/h4-14H,1-3H3,(H,26,29)(H,27,30)/b25-14+. The average molecular weight is 478 g/mol. The van der Waals surface area contributed by atoms with Crippen molar-refractivity contribution >= 4 is 29.4 Å². The highest BCUT2D eigenvalue weighted by Gasteiger charge is 2.17. The third kappa shape index (κ3) is 5.90. The molecule has 0 unspecified atom stereocenters. The fraction of sp³-hybridized carbons (Fsp3) is 0.125. The maximum absolute atomic E-state index is 12.7. The number of ether oxygens (including phenoxy) is 3. The predicted molar refractivity (Wildman–Crippen MR) is 129 cm³/mol. The molecule has 2 amide bonds. The number of carbonyl (C=O) groups excluding carboxylic acids is 2. The number of nitro groups is 1. The number of nitrogens with zero attached hydrogens (tertiary/aromatic N) is 2. The van der Waals surface area contributed by atoms with E-state index in [0.717, 1.165) is 0 Å². The quantitative estimate of drug-likeness (QED) is 0.272. The number of nitro benzene ring substituents is 1. The lowest BCUT2D eigenvalue weighted by Gasteiger charge is -2.14. The van der Waals surface area contributed by atoms with Gasteiger partial charge in [0.1, 0.15) is 0 Å². The molecule has 0 aliphatic rings. The summed E-state index contributed by atoms with van der Waals surface area (Å²) >= 11 is 0. The second-order valence-electron chi connectivity index (χ2n) is 6.96. The fourth-order valence-corrected chi connectivity index (χ4v) is 3.11. The molecule has 0 atom stereocenters. The van der Waals surface area contributed by atoms with Gasteiger partial charge in [-0.1, -0.05) is 12.1 Å². The van der Waals surface area contributed by atoms with Crippen LogP contribution in [0.2, 0.25) is 0 Å². The molecule has 3 rings (SSSR count). The monoisotopic (exact) mass is 478 g/mol. The summed E-state index contributed by atoms with van der Waals surface area (Å²) in [6.45, 7) is 0. The van der Waals surface area contributed by atoms with Crippen molar-refractivity contribution in [1.29, 1.82) is 0 Å². The lowest BCUT2D eigenvalue weighted by Crippen LogP contribution is -2.18. The molecule has 2 N–H and O–H groups in total. The third-order valence-electron chi connectivity index (χ3n) is 4.84. The number of nitrogens with one attached hydrogen (secondary N) is 2. The molecule has 180 valence electrons. The summed E-state index contributed by atoms with van der Waals surface area (Å²) in [6, 6.07) is 15.2. The third-order valence-corrected chi connectivity index (χ3v) is 4.84. The van der Waals surface area contributed by atoms with Crippen LogP contribution in [0, 0.1) is 10.1 Å². The first-order chi connectivity index (χ1) is 16.9. The molecule has 0 spiro atoms. The minimum absolute atomic E-state index is 0.127. The van der Waals surface area contributed by atoms with E-state index in [9.17, 15) is 19.7 Å². The van der Waals surface area contributed by atoms with Crippen molar-refractivity contribution in [3.63, 3.8) is 0 Å². The average Bonchev–Trinajstić information content (AvgIpc) is 2.88. The molecule has 0 saturated carbocycles. The van der Waals surface area contributed by atoms with Gasteiger partial charge in [0.05, 0.1) is 38.0 Å². The first-order valence-corrected chi connectivity index (χ1v) is 10.2. The van der Waals surface area contributed by atoms with Crippen molar-refractivity contribution < 1.29 is 28.7 Å². The summed E-state index contributed by atoms with van der Waals surface area (Å²) in [5.74, 6) is 0.0973. The first-order valence-electron chi connectivity index (χ1n) is 10.2. The first kappa shape index (κ1) is 24.7. The second kappa shape index (κ2) is 11.3. The molecule has 0 heterocycles. The van der Waals surface area contributed by atoms with Crippen LogP contribution in [-0.4, -0.2) is 44.3 Å². The van der Waals surface area contributed by atoms with Crippen molar-refractivity contribution in [1.82, 2.24) is 5.43 Å². The maximum atomic E-state index is 12.7. The van der Waals surface area contributed by atoms with Gasteiger partial charge < -0.3 is 19.5 Å². The van der Waals surface area contributed by atoms with Gasteiger partial charge in [-0.2, -0.15) is 5.10 Å². The van der Waals surface area contributed by atoms with E-state index in [1.54, 1.807) is 18.2 Å². The molecule has 0 aliphatic carbocycles. The summed E-state index contributed by atoms with van der Waals surface area (Å²) in [5.41, 5.74) is 3.45. The number of para-hydroxylation sites is 1. The number of carbonyl (C=O) groups is 2. The molecule has 0 aliphatic heterocycles. The molecule has 35 heavy (non-hydrogen) atoms. The predicted octanol–water partition coefficient (Wildman–Crippen LogP) is 3.64. The van der Waals surface area contributed by atoms with Crippen molar-refractivity contribution in [2.75, 3.05) is 26.6 Å². The van der Waals surface area contributed by atoms with E-state index in [-0.39, 0.29) is 22.4 Å². The summed E-state index contributed by atoms with van der Waals surface area (Å²) in [7, 11) is 4.37. The zero-order valence-corrected chi connectivity index (χ0v) is 19.1. The van der Waals surface area contributed by atoms with Crippen LogP contribution in [0.3, 0.4) is 0 Å². The van der Waals surface area contributed by atoms with Crippen LogP contribution in [0.5, 0.6) is 17.2 Å². The molecule has 3 aromatic rings. The molecule has 0 aromatic heterocycles. The lowest BCUT2D eigenvalue weighted by molar-refractivity contribution is -0.385. The summed E-state index contributed by atoms with van der Waals surface area (Å²) in [5, 5.41) is 17.6. The Kier molecular flexibility index (Phi) is 7.96. The highest BCUT2D eigenvalue weighted by atomic mass is 16.6. The van der Waals surface area contributed by atoms with E-state index in [4.69, 9.17) is 14.2 Å². The van der Waals surface area contributed by atoms with Crippen LogP contribution in [0.25, 0.3) is 0 Å². The van der Waals surface area contributed by atoms with Gasteiger partial charge in [0.25, 0.3) is 17.5 Å². The van der Waals surface area contributed by atoms with Gasteiger partial charge in [-0.05, 0) is 42.5 Å². The second-order valence-corrected chi connectivity index (χ2v) is 6.96. The molecular weight excluding hydrogens is 456 g/mol. The Morgan fingerprint density at radius 1 is 0.886 bits per heavy atom. The molecule has 11 nitrogen and oxygen atoms in total. The van der Waals surface area contributed by atoms with Crippen LogP contribution in [0.15, 0.2) is 65.8 Å². The van der Waals surface area contributed by atoms with Crippen LogP contribution in [0.1, 0.15) is 26.3 Å². The van der Waals surface area contributed by atoms with Crippen molar-refractivity contribution in [2.45, 2.75) is 0 Å². The molecule has 0 bridgehead atoms. The highest BCUT2D eigenvalue weighted by Crippen LogP contribution is 2.38. The van der Waals surface area contributed by atoms with Gasteiger partial charge in [0.2, 0.25) is 5.75 Å². The normalized spacial score (nSPS) is 10.5. The summed E-state index contributed by atoms with van der Waals surface area (Å²) in [4.78, 5) is 35.5. The number of benzene rings is 3. The molecular formula is C24H22N4O7. The number of anilines is 1. The Labute approximate surface area is 200 Å². The number of hydrogen-bond acceptors (Lipinski definition) is 8. The number of methoxy groups -OCH3 is 3. The van der Waals surface area contributed by atoms with Gasteiger partial charge in [-0.3, -0.25) is 19.7 Å². The van der Waals surface area contributed by atoms with Crippen LogP contribution < -0.4 is 25.0 Å². The Balaban J connectivity index is 1.67. The van der Waals surface area contributed by atoms with Gasteiger partial charge in [-0.15, -0.1) is 0 Å². The molecule has 0 radical (unpaired) electrons. The Morgan fingerprint density at radius 2 is 1.51 bits per heavy atom. The summed E-state index contributed by atoms with van der Waals surface area (Å²) < 4.78 is 15.8. The Bertz CT molecular complexity index is 1250. The van der Waals surface area contributed by atoms with E-state index in [2.05, 4.69) is 15.8 Å². The SMILES string of the molecule is COc1cc(C(=O)Nc2ccc(C(=O)N/N=C/c3ccccc3[N+](=O)[O-])cc2)cc(OC)c1OC. The van der Waals surface area contributed by atoms with E-state index in [1.165, 1.54) is 70.0 Å². The molecule has 11 heteroatoms. The van der Waals surface area contributed by atoms with Crippen molar-refractivity contribution in [3.05, 3.63) is 87.5 Å². The summed E-state index contributed by atoms with van der Waals surface area (Å²) in [6.07, 6.45) is 1.20. The minimum atomic E-state index is -0.533. The zero-order chi connectivity index (χ0) is 25.4. The largest absolute Gasteiger partial charge is 0.493 e. The number of rotatable bonds is 9. The van der Waals surface area contributed by atoms with Crippen molar-refractivity contribution in [2.24, 2.45) is 5.10 Å². The zero-order valence-electron chi connectivity index (χ0n) is 19.1. The van der Waals surface area contributed by atoms with E-state index < -0.39 is 16.7 Å². The van der Waals surface area contributed by atoms with Gasteiger partial charge in [0, 0.05) is 22.9 Å². The lowest BCUT2D eigenvalue weighted by atomic mass is 10.1. The van der Waals surface area contributed by atoms with E-state index in [1.807, 2.05) is 0 Å². The number of hydrogen-bond donors (Lipinski definition) is 2. The number of amides is 2. The van der Waals surface area contributed by atoms with E-state index in [0.29, 0.717) is 22.9 Å². The Morgan fingerprint density at radius 3 is 2.09 bits per heavy atom. The minimum Gasteiger partial charge on any atom is -0.493 e. The molecule has 0 saturated heterocycles. The molecule has 0 fully saturated rings. The maximum Gasteiger partial charge on any atom is 0.278 e. The van der Waals surface area contributed by atoms with Gasteiger partial charge >= 0.3 is 0 Å². The van der Waals surface area contributed by atoms with E-state index >= 15 is 0 Å². The highest BCUT2D eigenvalue weighted by molar-refractivity contribution is 6.05. The van der Waals surface area contributed by atoms with Gasteiger partial charge in [-0.25, -0.2) is 5.43 Å². The van der Waals surface area contributed by atoms with Crippen LogP contribution in [0.4, 0.5) is 11.4 Å². The van der Waals surface area contributed by atoms with Gasteiger partial charge in [0.15, 0.2) is 11.5 Å². The van der Waals surface area contributed by atoms with Crippen LogP contribution >= 0.6 is 0 Å². The van der Waals surface area contributed by atoms with Crippen molar-refractivity contribution in [3.8, 4) is 17.2 Å². The van der Waals surface area contributed by atoms with Crippen LogP contribution in [-0.2, 0) is 0 Å². The topological polar surface area (TPSA) is 141 Å².